The number of aryl methyl sites for hydroxylation is 2. The average Bonchev–Trinajstić information content (AvgIpc) is 2.80. The molecule has 1 aliphatic carbocycles. The number of hydrogen-bond acceptors (Lipinski definition) is 4. The number of carboxylic acid groups (broad SMARTS) is 1. The van der Waals surface area contributed by atoms with Crippen molar-refractivity contribution in [2.75, 3.05) is 11.9 Å². The molecule has 1 heterocycles. The van der Waals surface area contributed by atoms with Crippen LogP contribution in [0.3, 0.4) is 0 Å². The zero-order valence-corrected chi connectivity index (χ0v) is 10.6. The minimum absolute atomic E-state index is 0.0871. The summed E-state index contributed by atoms with van der Waals surface area (Å²) in [5.74, 6) is -0.875. The molecule has 0 saturated carbocycles. The van der Waals surface area contributed by atoms with Gasteiger partial charge in [0.2, 0.25) is 0 Å². The van der Waals surface area contributed by atoms with Crippen molar-refractivity contribution in [1.29, 1.82) is 0 Å². The van der Waals surface area contributed by atoms with Crippen LogP contribution in [0.2, 0.25) is 0 Å². The number of pyridine rings is 1. The van der Waals surface area contributed by atoms with E-state index in [4.69, 9.17) is 10.8 Å². The molecule has 1 aromatic heterocycles. The molecular weight excluding hydrogens is 246 g/mol. The van der Waals surface area contributed by atoms with Gasteiger partial charge >= 0.3 is 5.97 Å². The first-order valence-electron chi connectivity index (χ1n) is 6.36. The van der Waals surface area contributed by atoms with Crippen LogP contribution in [0.25, 0.3) is 0 Å². The SMILES string of the molecule is NC(=O)c1cc2c(nc1NCCCC(=O)O)CCC2. The lowest BCUT2D eigenvalue weighted by Crippen LogP contribution is -2.17. The molecule has 0 saturated heterocycles. The summed E-state index contributed by atoms with van der Waals surface area (Å²) in [7, 11) is 0. The normalized spacial score (nSPS) is 13.1. The largest absolute Gasteiger partial charge is 0.481 e. The smallest absolute Gasteiger partial charge is 0.303 e. The molecule has 0 radical (unpaired) electrons. The fourth-order valence-corrected chi connectivity index (χ4v) is 2.24. The minimum Gasteiger partial charge on any atom is -0.481 e. The van der Waals surface area contributed by atoms with E-state index in [1.54, 1.807) is 6.07 Å². The Balaban J connectivity index is 2.10. The monoisotopic (exact) mass is 263 g/mol. The van der Waals surface area contributed by atoms with Crippen molar-refractivity contribution in [3.63, 3.8) is 0 Å². The zero-order valence-electron chi connectivity index (χ0n) is 10.6. The maximum absolute atomic E-state index is 11.4. The van der Waals surface area contributed by atoms with E-state index in [0.717, 1.165) is 30.5 Å². The number of nitrogens with one attached hydrogen (secondary N) is 1. The predicted octanol–water partition coefficient (Wildman–Crippen LogP) is 0.946. The molecule has 0 spiro atoms. The number of aromatic nitrogens is 1. The van der Waals surface area contributed by atoms with E-state index in [-0.39, 0.29) is 6.42 Å². The van der Waals surface area contributed by atoms with Crippen LogP contribution in [0, 0.1) is 0 Å². The summed E-state index contributed by atoms with van der Waals surface area (Å²) in [6.07, 6.45) is 3.46. The molecule has 0 bridgehead atoms. The third-order valence-electron chi connectivity index (χ3n) is 3.18. The van der Waals surface area contributed by atoms with Gasteiger partial charge in [-0.1, -0.05) is 0 Å². The van der Waals surface area contributed by atoms with E-state index in [2.05, 4.69) is 10.3 Å². The van der Waals surface area contributed by atoms with Gasteiger partial charge in [-0.2, -0.15) is 0 Å². The number of fused-ring (bicyclic) bond motifs is 1. The maximum Gasteiger partial charge on any atom is 0.303 e. The molecule has 0 fully saturated rings. The van der Waals surface area contributed by atoms with Crippen molar-refractivity contribution >= 4 is 17.7 Å². The van der Waals surface area contributed by atoms with Crippen molar-refractivity contribution < 1.29 is 14.7 Å². The van der Waals surface area contributed by atoms with Crippen LogP contribution in [-0.4, -0.2) is 28.5 Å². The molecule has 2 rings (SSSR count). The van der Waals surface area contributed by atoms with Crippen LogP contribution in [0.15, 0.2) is 6.07 Å². The second-order valence-electron chi connectivity index (χ2n) is 4.63. The van der Waals surface area contributed by atoms with E-state index >= 15 is 0 Å². The number of primary amides is 1. The second kappa shape index (κ2) is 5.69. The lowest BCUT2D eigenvalue weighted by Gasteiger charge is -2.11. The third kappa shape index (κ3) is 3.21. The molecular formula is C13H17N3O3. The molecule has 0 aromatic carbocycles. The molecule has 1 amide bonds. The highest BCUT2D eigenvalue weighted by Crippen LogP contribution is 2.25. The number of carboxylic acids is 1. The van der Waals surface area contributed by atoms with Crippen molar-refractivity contribution in [3.8, 4) is 0 Å². The Hall–Kier alpha value is -2.11. The van der Waals surface area contributed by atoms with Crippen LogP contribution in [0.4, 0.5) is 5.82 Å². The third-order valence-corrected chi connectivity index (χ3v) is 3.18. The summed E-state index contributed by atoms with van der Waals surface area (Å²) in [5, 5.41) is 11.6. The molecule has 4 N–H and O–H groups in total. The molecule has 19 heavy (non-hydrogen) atoms. The minimum atomic E-state index is -0.834. The number of anilines is 1. The number of carbonyl (C=O) groups excluding carboxylic acids is 1. The van der Waals surface area contributed by atoms with Gasteiger partial charge in [-0.15, -0.1) is 0 Å². The van der Waals surface area contributed by atoms with Crippen LogP contribution in [0.5, 0.6) is 0 Å². The Morgan fingerprint density at radius 3 is 2.89 bits per heavy atom. The lowest BCUT2D eigenvalue weighted by atomic mass is 10.1. The molecule has 6 nitrogen and oxygen atoms in total. The Morgan fingerprint density at radius 1 is 1.42 bits per heavy atom. The van der Waals surface area contributed by atoms with Gasteiger partial charge in [0.05, 0.1) is 5.56 Å². The van der Waals surface area contributed by atoms with Crippen molar-refractivity contribution in [3.05, 3.63) is 22.9 Å². The highest BCUT2D eigenvalue weighted by Gasteiger charge is 2.18. The number of rotatable bonds is 6. The number of amides is 1. The summed E-state index contributed by atoms with van der Waals surface area (Å²) in [5.41, 5.74) is 7.83. The molecule has 0 unspecified atom stereocenters. The van der Waals surface area contributed by atoms with Crippen LogP contribution < -0.4 is 11.1 Å². The number of nitrogens with zero attached hydrogens (tertiary/aromatic N) is 1. The summed E-state index contributed by atoms with van der Waals surface area (Å²) in [6, 6.07) is 1.80. The topological polar surface area (TPSA) is 105 Å². The fraction of sp³-hybridized carbons (Fsp3) is 0.462. The predicted molar refractivity (Wildman–Crippen MR) is 70.1 cm³/mol. The van der Waals surface area contributed by atoms with E-state index in [9.17, 15) is 9.59 Å². The highest BCUT2D eigenvalue weighted by atomic mass is 16.4. The average molecular weight is 263 g/mol. The van der Waals surface area contributed by atoms with Crippen molar-refractivity contribution in [2.24, 2.45) is 5.73 Å². The van der Waals surface area contributed by atoms with Crippen molar-refractivity contribution in [2.45, 2.75) is 32.1 Å². The first-order chi connectivity index (χ1) is 9.08. The Kier molecular flexibility index (Phi) is 3.99. The molecule has 102 valence electrons. The number of hydrogen-bond donors (Lipinski definition) is 3. The van der Waals surface area contributed by atoms with Gasteiger partial charge in [-0.05, 0) is 37.3 Å². The Labute approximate surface area is 111 Å². The van der Waals surface area contributed by atoms with Crippen LogP contribution in [-0.2, 0) is 17.6 Å². The van der Waals surface area contributed by atoms with Gasteiger partial charge in [0, 0.05) is 18.7 Å². The summed E-state index contributed by atoms with van der Waals surface area (Å²) < 4.78 is 0. The van der Waals surface area contributed by atoms with Gasteiger partial charge in [0.1, 0.15) is 5.82 Å². The van der Waals surface area contributed by atoms with Gasteiger partial charge in [-0.3, -0.25) is 9.59 Å². The van der Waals surface area contributed by atoms with Gasteiger partial charge in [-0.25, -0.2) is 4.98 Å². The number of carbonyl (C=O) groups is 2. The first kappa shape index (κ1) is 13.3. The van der Waals surface area contributed by atoms with E-state index in [0.29, 0.717) is 24.3 Å². The Bertz CT molecular complexity index is 514. The summed E-state index contributed by atoms with van der Waals surface area (Å²) in [4.78, 5) is 26.3. The quantitative estimate of drug-likeness (QED) is 0.662. The molecule has 0 aliphatic heterocycles. The van der Waals surface area contributed by atoms with Crippen LogP contribution >= 0.6 is 0 Å². The lowest BCUT2D eigenvalue weighted by molar-refractivity contribution is -0.137. The van der Waals surface area contributed by atoms with Gasteiger partial charge in [0.15, 0.2) is 0 Å². The van der Waals surface area contributed by atoms with E-state index in [1.807, 2.05) is 0 Å². The van der Waals surface area contributed by atoms with Crippen molar-refractivity contribution in [1.82, 2.24) is 4.98 Å². The first-order valence-corrected chi connectivity index (χ1v) is 6.36. The molecule has 1 aliphatic rings. The summed E-state index contributed by atoms with van der Waals surface area (Å²) in [6.45, 7) is 0.457. The fourth-order valence-electron chi connectivity index (χ4n) is 2.24. The summed E-state index contributed by atoms with van der Waals surface area (Å²) >= 11 is 0. The zero-order chi connectivity index (χ0) is 13.8. The standard InChI is InChI=1S/C13H17N3O3/c14-12(19)9-7-8-3-1-4-10(8)16-13(9)15-6-2-5-11(17)18/h7H,1-6H2,(H2,14,19)(H,15,16)(H,17,18). The van der Waals surface area contributed by atoms with Gasteiger partial charge in [0.25, 0.3) is 5.91 Å². The molecule has 6 heteroatoms. The molecule has 0 atom stereocenters. The van der Waals surface area contributed by atoms with Gasteiger partial charge < -0.3 is 16.2 Å². The highest BCUT2D eigenvalue weighted by molar-refractivity contribution is 5.97. The molecule has 1 aromatic rings. The Morgan fingerprint density at radius 2 is 2.21 bits per heavy atom. The van der Waals surface area contributed by atoms with Crippen LogP contribution in [0.1, 0.15) is 40.9 Å². The van der Waals surface area contributed by atoms with E-state index < -0.39 is 11.9 Å². The second-order valence-corrected chi connectivity index (χ2v) is 4.63. The number of nitrogens with two attached hydrogens (primary N) is 1. The van der Waals surface area contributed by atoms with E-state index in [1.165, 1.54) is 0 Å². The number of aliphatic carboxylic acids is 1. The maximum atomic E-state index is 11.4.